The van der Waals surface area contributed by atoms with Crippen LogP contribution in [0.5, 0.6) is 0 Å². The highest BCUT2D eigenvalue weighted by Gasteiger charge is 2.22. The van der Waals surface area contributed by atoms with Crippen molar-refractivity contribution in [1.29, 1.82) is 0 Å². The summed E-state index contributed by atoms with van der Waals surface area (Å²) in [5.41, 5.74) is 1.79. The standard InChI is InChI=1S/C18H17ClN4O3/c19-15-6-5-14(10-21-15)17(25)22-9-12-1-3-13(4-2-12)18(26)23-8-7-20-16(24)11-23/h1-6,10H,7-9,11H2,(H,20,24)(H,22,25). The molecular formula is C18H17ClN4O3. The average molecular weight is 373 g/mol. The summed E-state index contributed by atoms with van der Waals surface area (Å²) >= 11 is 5.70. The van der Waals surface area contributed by atoms with E-state index in [1.54, 1.807) is 36.4 Å². The number of carbonyl (C=O) groups is 3. The molecule has 2 aromatic rings. The molecule has 134 valence electrons. The number of piperazine rings is 1. The number of nitrogens with zero attached hydrogens (tertiary/aromatic N) is 2. The predicted molar refractivity (Wildman–Crippen MR) is 95.8 cm³/mol. The third kappa shape index (κ3) is 4.37. The number of hydrogen-bond acceptors (Lipinski definition) is 4. The Morgan fingerprint density at radius 3 is 2.54 bits per heavy atom. The van der Waals surface area contributed by atoms with Gasteiger partial charge in [0, 0.05) is 31.4 Å². The number of aromatic nitrogens is 1. The lowest BCUT2D eigenvalue weighted by atomic mass is 10.1. The number of nitrogens with one attached hydrogen (secondary N) is 2. The summed E-state index contributed by atoms with van der Waals surface area (Å²) in [6.07, 6.45) is 1.41. The van der Waals surface area contributed by atoms with Crippen LogP contribution < -0.4 is 10.6 Å². The lowest BCUT2D eigenvalue weighted by Gasteiger charge is -2.26. The van der Waals surface area contributed by atoms with Crippen LogP contribution in [0.2, 0.25) is 5.15 Å². The van der Waals surface area contributed by atoms with Gasteiger partial charge < -0.3 is 15.5 Å². The minimum absolute atomic E-state index is 0.0752. The summed E-state index contributed by atoms with van der Waals surface area (Å²) in [5, 5.41) is 5.80. The average Bonchev–Trinajstić information content (AvgIpc) is 2.66. The van der Waals surface area contributed by atoms with Crippen molar-refractivity contribution < 1.29 is 14.4 Å². The lowest BCUT2D eigenvalue weighted by molar-refractivity contribution is -0.123. The number of rotatable bonds is 4. The molecule has 0 atom stereocenters. The van der Waals surface area contributed by atoms with Gasteiger partial charge in [0.05, 0.1) is 12.1 Å². The Kier molecular flexibility index (Phi) is 5.48. The second-order valence-electron chi connectivity index (χ2n) is 5.83. The molecule has 1 aromatic carbocycles. The van der Waals surface area contributed by atoms with Crippen LogP contribution in [0.3, 0.4) is 0 Å². The maximum Gasteiger partial charge on any atom is 0.254 e. The maximum atomic E-state index is 12.4. The molecule has 1 saturated heterocycles. The molecule has 0 saturated carbocycles. The number of pyridine rings is 1. The third-order valence-corrected chi connectivity index (χ3v) is 4.19. The van der Waals surface area contributed by atoms with Crippen molar-refractivity contribution in [1.82, 2.24) is 20.5 Å². The normalized spacial score (nSPS) is 13.9. The van der Waals surface area contributed by atoms with Crippen molar-refractivity contribution in [2.45, 2.75) is 6.54 Å². The van der Waals surface area contributed by atoms with E-state index in [0.717, 1.165) is 5.56 Å². The minimum Gasteiger partial charge on any atom is -0.353 e. The van der Waals surface area contributed by atoms with E-state index in [1.165, 1.54) is 11.1 Å². The first kappa shape index (κ1) is 17.9. The topological polar surface area (TPSA) is 91.4 Å². The zero-order valence-corrected chi connectivity index (χ0v) is 14.6. The number of benzene rings is 1. The number of amides is 3. The fourth-order valence-corrected chi connectivity index (χ4v) is 2.67. The SMILES string of the molecule is O=C1CN(C(=O)c2ccc(CNC(=O)c3ccc(Cl)nc3)cc2)CCN1. The molecule has 7 nitrogen and oxygen atoms in total. The molecule has 2 N–H and O–H groups in total. The molecule has 2 heterocycles. The third-order valence-electron chi connectivity index (χ3n) is 3.97. The highest BCUT2D eigenvalue weighted by Crippen LogP contribution is 2.10. The summed E-state index contributed by atoms with van der Waals surface area (Å²) in [6, 6.07) is 10.1. The Hall–Kier alpha value is -2.93. The number of hydrogen-bond donors (Lipinski definition) is 2. The quantitative estimate of drug-likeness (QED) is 0.790. The van der Waals surface area contributed by atoms with Gasteiger partial charge in [-0.2, -0.15) is 0 Å². The van der Waals surface area contributed by atoms with Crippen LogP contribution in [0.4, 0.5) is 0 Å². The molecule has 0 spiro atoms. The first-order valence-corrected chi connectivity index (χ1v) is 8.45. The van der Waals surface area contributed by atoms with Crippen LogP contribution in [0.25, 0.3) is 0 Å². The summed E-state index contributed by atoms with van der Waals surface area (Å²) in [7, 11) is 0. The summed E-state index contributed by atoms with van der Waals surface area (Å²) < 4.78 is 0. The molecule has 3 rings (SSSR count). The van der Waals surface area contributed by atoms with E-state index in [2.05, 4.69) is 15.6 Å². The monoisotopic (exact) mass is 372 g/mol. The van der Waals surface area contributed by atoms with Gasteiger partial charge in [0.1, 0.15) is 5.15 Å². The van der Waals surface area contributed by atoms with Crippen LogP contribution in [0.1, 0.15) is 26.3 Å². The van der Waals surface area contributed by atoms with E-state index in [-0.39, 0.29) is 24.3 Å². The zero-order valence-electron chi connectivity index (χ0n) is 13.9. The van der Waals surface area contributed by atoms with Crippen LogP contribution >= 0.6 is 11.6 Å². The fourth-order valence-electron chi connectivity index (χ4n) is 2.55. The van der Waals surface area contributed by atoms with Crippen molar-refractivity contribution in [3.8, 4) is 0 Å². The Morgan fingerprint density at radius 2 is 1.88 bits per heavy atom. The van der Waals surface area contributed by atoms with Gasteiger partial charge >= 0.3 is 0 Å². The smallest absolute Gasteiger partial charge is 0.254 e. The Morgan fingerprint density at radius 1 is 1.15 bits per heavy atom. The molecule has 1 fully saturated rings. The summed E-state index contributed by atoms with van der Waals surface area (Å²) in [6.45, 7) is 1.36. The highest BCUT2D eigenvalue weighted by atomic mass is 35.5. The zero-order chi connectivity index (χ0) is 18.5. The van der Waals surface area contributed by atoms with Gasteiger partial charge in [0.25, 0.3) is 11.8 Å². The predicted octanol–water partition coefficient (Wildman–Crippen LogP) is 1.24. The molecule has 8 heteroatoms. The molecule has 1 aliphatic rings. The van der Waals surface area contributed by atoms with Crippen molar-refractivity contribution >= 4 is 29.3 Å². The van der Waals surface area contributed by atoms with Crippen LogP contribution in [-0.2, 0) is 11.3 Å². The highest BCUT2D eigenvalue weighted by molar-refractivity contribution is 6.29. The molecule has 26 heavy (non-hydrogen) atoms. The van der Waals surface area contributed by atoms with Gasteiger partial charge in [0.2, 0.25) is 5.91 Å². The van der Waals surface area contributed by atoms with Crippen molar-refractivity contribution in [3.63, 3.8) is 0 Å². The van der Waals surface area contributed by atoms with E-state index in [9.17, 15) is 14.4 Å². The van der Waals surface area contributed by atoms with E-state index < -0.39 is 0 Å². The van der Waals surface area contributed by atoms with E-state index in [0.29, 0.717) is 35.9 Å². The number of halogens is 1. The van der Waals surface area contributed by atoms with Gasteiger partial charge in [-0.05, 0) is 29.8 Å². The van der Waals surface area contributed by atoms with Gasteiger partial charge in [-0.3, -0.25) is 14.4 Å². The van der Waals surface area contributed by atoms with Crippen LogP contribution in [0, 0.1) is 0 Å². The first-order chi connectivity index (χ1) is 12.5. The second-order valence-corrected chi connectivity index (χ2v) is 6.21. The van der Waals surface area contributed by atoms with Gasteiger partial charge in [-0.15, -0.1) is 0 Å². The molecule has 0 unspecified atom stereocenters. The van der Waals surface area contributed by atoms with Crippen LogP contribution in [-0.4, -0.2) is 47.2 Å². The van der Waals surface area contributed by atoms with Crippen molar-refractivity contribution in [3.05, 3.63) is 64.4 Å². The molecule has 1 aliphatic heterocycles. The summed E-state index contributed by atoms with van der Waals surface area (Å²) in [4.78, 5) is 41.2. The molecule has 1 aromatic heterocycles. The maximum absolute atomic E-state index is 12.4. The van der Waals surface area contributed by atoms with Gasteiger partial charge in [-0.1, -0.05) is 23.7 Å². The van der Waals surface area contributed by atoms with Gasteiger partial charge in [-0.25, -0.2) is 4.98 Å². The van der Waals surface area contributed by atoms with Crippen LogP contribution in [0.15, 0.2) is 42.6 Å². The van der Waals surface area contributed by atoms with Crippen molar-refractivity contribution in [2.24, 2.45) is 0 Å². The van der Waals surface area contributed by atoms with Gasteiger partial charge in [0.15, 0.2) is 0 Å². The van der Waals surface area contributed by atoms with Crippen molar-refractivity contribution in [2.75, 3.05) is 19.6 Å². The Balaban J connectivity index is 1.57. The molecule has 0 radical (unpaired) electrons. The fraction of sp³-hybridized carbons (Fsp3) is 0.222. The Bertz CT molecular complexity index is 821. The van der Waals surface area contributed by atoms with E-state index in [4.69, 9.17) is 11.6 Å². The van der Waals surface area contributed by atoms with E-state index >= 15 is 0 Å². The molecule has 0 bridgehead atoms. The number of carbonyl (C=O) groups excluding carboxylic acids is 3. The Labute approximate surface area is 155 Å². The molecule has 0 aliphatic carbocycles. The largest absolute Gasteiger partial charge is 0.353 e. The first-order valence-electron chi connectivity index (χ1n) is 8.07. The molecule has 3 amide bonds. The second kappa shape index (κ2) is 7.97. The minimum atomic E-state index is -0.256. The van der Waals surface area contributed by atoms with E-state index in [1.807, 2.05) is 0 Å². The summed E-state index contributed by atoms with van der Waals surface area (Å²) in [5.74, 6) is -0.586. The molecular weight excluding hydrogens is 356 g/mol. The lowest BCUT2D eigenvalue weighted by Crippen LogP contribution is -2.49.